The average molecular weight is 357 g/mol. The molecule has 1 unspecified atom stereocenters. The number of ether oxygens (including phenoxy) is 1. The standard InChI is InChI=1S/C17H23N7O2/c1-17(25)8-24(9-17)16-20-11(7-26-3)4-12(21-16)14-13-10(6-23(14)2)5-19-15(18)22-13/h4-5,14,25H,6-9H2,1-3H3,(H2,18,19,22). The van der Waals surface area contributed by atoms with E-state index >= 15 is 0 Å². The first kappa shape index (κ1) is 17.1. The molecule has 0 aliphatic carbocycles. The third kappa shape index (κ3) is 2.98. The number of anilines is 2. The number of aromatic nitrogens is 4. The molecule has 2 aliphatic rings. The molecule has 1 atom stereocenters. The number of fused-ring (bicyclic) bond motifs is 1. The normalized spacial score (nSPS) is 21.5. The molecule has 9 heteroatoms. The van der Waals surface area contributed by atoms with Gasteiger partial charge in [-0.2, -0.15) is 0 Å². The second kappa shape index (κ2) is 6.11. The van der Waals surface area contributed by atoms with Crippen LogP contribution >= 0.6 is 0 Å². The Hall–Kier alpha value is -2.36. The Morgan fingerprint density at radius 1 is 1.35 bits per heavy atom. The highest BCUT2D eigenvalue weighted by Gasteiger charge is 2.39. The van der Waals surface area contributed by atoms with Gasteiger partial charge in [0.05, 0.1) is 48.4 Å². The van der Waals surface area contributed by atoms with Crippen LogP contribution in [0.25, 0.3) is 0 Å². The Morgan fingerprint density at radius 2 is 2.12 bits per heavy atom. The summed E-state index contributed by atoms with van der Waals surface area (Å²) in [7, 11) is 3.66. The summed E-state index contributed by atoms with van der Waals surface area (Å²) in [6, 6.07) is 1.83. The number of nitrogens with two attached hydrogens (primary N) is 1. The van der Waals surface area contributed by atoms with Gasteiger partial charge in [-0.05, 0) is 20.0 Å². The largest absolute Gasteiger partial charge is 0.386 e. The molecule has 26 heavy (non-hydrogen) atoms. The first-order chi connectivity index (χ1) is 12.4. The fourth-order valence-electron chi connectivity index (χ4n) is 3.65. The van der Waals surface area contributed by atoms with Crippen molar-refractivity contribution in [2.75, 3.05) is 37.9 Å². The van der Waals surface area contributed by atoms with Crippen LogP contribution in [0.3, 0.4) is 0 Å². The molecule has 2 aromatic heterocycles. The second-order valence-corrected chi connectivity index (χ2v) is 7.33. The summed E-state index contributed by atoms with van der Waals surface area (Å²) in [5.74, 6) is 0.860. The fraction of sp³-hybridized carbons (Fsp3) is 0.529. The first-order valence-corrected chi connectivity index (χ1v) is 8.52. The molecule has 2 aromatic rings. The Morgan fingerprint density at radius 3 is 2.81 bits per heavy atom. The van der Waals surface area contributed by atoms with Crippen molar-refractivity contribution in [3.05, 3.63) is 34.9 Å². The number of aliphatic hydroxyl groups is 1. The first-order valence-electron chi connectivity index (χ1n) is 8.52. The summed E-state index contributed by atoms with van der Waals surface area (Å²) < 4.78 is 5.27. The van der Waals surface area contributed by atoms with E-state index in [1.165, 1.54) is 0 Å². The summed E-state index contributed by atoms with van der Waals surface area (Å²) in [6.45, 7) is 3.95. The molecule has 0 radical (unpaired) electrons. The van der Waals surface area contributed by atoms with Gasteiger partial charge in [0.2, 0.25) is 11.9 Å². The van der Waals surface area contributed by atoms with E-state index in [2.05, 4.69) is 19.9 Å². The van der Waals surface area contributed by atoms with E-state index in [1.807, 2.05) is 24.9 Å². The van der Waals surface area contributed by atoms with Crippen molar-refractivity contribution >= 4 is 11.9 Å². The second-order valence-electron chi connectivity index (χ2n) is 7.33. The molecule has 4 rings (SSSR count). The van der Waals surface area contributed by atoms with Gasteiger partial charge in [0.15, 0.2) is 0 Å². The highest BCUT2D eigenvalue weighted by atomic mass is 16.5. The van der Waals surface area contributed by atoms with Gasteiger partial charge in [-0.15, -0.1) is 0 Å². The lowest BCUT2D eigenvalue weighted by Gasteiger charge is -2.44. The number of methoxy groups -OCH3 is 1. The molecular formula is C17H23N7O2. The van der Waals surface area contributed by atoms with Gasteiger partial charge >= 0.3 is 0 Å². The van der Waals surface area contributed by atoms with E-state index in [4.69, 9.17) is 15.5 Å². The monoisotopic (exact) mass is 357 g/mol. The molecule has 0 saturated carbocycles. The van der Waals surface area contributed by atoms with E-state index in [0.29, 0.717) is 25.6 Å². The average Bonchev–Trinajstić information content (AvgIpc) is 2.87. The van der Waals surface area contributed by atoms with E-state index in [0.717, 1.165) is 29.2 Å². The number of rotatable bonds is 4. The minimum atomic E-state index is -0.695. The summed E-state index contributed by atoms with van der Waals surface area (Å²) in [6.07, 6.45) is 1.78. The van der Waals surface area contributed by atoms with Crippen LogP contribution in [0.5, 0.6) is 0 Å². The lowest BCUT2D eigenvalue weighted by molar-refractivity contribution is 0.0298. The van der Waals surface area contributed by atoms with Gasteiger partial charge in [0.1, 0.15) is 0 Å². The van der Waals surface area contributed by atoms with Gasteiger partial charge in [0.25, 0.3) is 0 Å². The minimum absolute atomic E-state index is 0.116. The molecule has 0 aromatic carbocycles. The van der Waals surface area contributed by atoms with E-state index < -0.39 is 5.60 Å². The molecule has 138 valence electrons. The maximum atomic E-state index is 10.0. The fourth-order valence-corrected chi connectivity index (χ4v) is 3.65. The number of β-amino-alcohol motifs (C(OH)–C–C–N with tert-alkyl or cyclic N) is 1. The molecule has 0 spiro atoms. The summed E-state index contributed by atoms with van der Waals surface area (Å²) in [5, 5.41) is 10.0. The molecule has 0 bridgehead atoms. The highest BCUT2D eigenvalue weighted by Crippen LogP contribution is 2.36. The maximum absolute atomic E-state index is 10.0. The van der Waals surface area contributed by atoms with Gasteiger partial charge < -0.3 is 20.5 Å². The van der Waals surface area contributed by atoms with Crippen LogP contribution in [0.1, 0.15) is 35.6 Å². The predicted molar refractivity (Wildman–Crippen MR) is 95.3 cm³/mol. The van der Waals surface area contributed by atoms with Crippen molar-refractivity contribution in [3.63, 3.8) is 0 Å². The van der Waals surface area contributed by atoms with Crippen LogP contribution in [-0.4, -0.2) is 62.8 Å². The van der Waals surface area contributed by atoms with Crippen molar-refractivity contribution in [1.29, 1.82) is 0 Å². The van der Waals surface area contributed by atoms with Crippen LogP contribution in [0.2, 0.25) is 0 Å². The number of nitrogens with zero attached hydrogens (tertiary/aromatic N) is 6. The van der Waals surface area contributed by atoms with Gasteiger partial charge in [-0.1, -0.05) is 0 Å². The summed E-state index contributed by atoms with van der Waals surface area (Å²) >= 11 is 0. The Labute approximate surface area is 151 Å². The molecule has 9 nitrogen and oxygen atoms in total. The zero-order valence-electron chi connectivity index (χ0n) is 15.2. The van der Waals surface area contributed by atoms with Crippen molar-refractivity contribution < 1.29 is 9.84 Å². The Kier molecular flexibility index (Phi) is 4.02. The summed E-state index contributed by atoms with van der Waals surface area (Å²) in [4.78, 5) is 22.0. The highest BCUT2D eigenvalue weighted by molar-refractivity contribution is 5.42. The minimum Gasteiger partial charge on any atom is -0.386 e. The van der Waals surface area contributed by atoms with Gasteiger partial charge in [0, 0.05) is 25.4 Å². The predicted octanol–water partition coefficient (Wildman–Crippen LogP) is 0.101. The maximum Gasteiger partial charge on any atom is 0.226 e. The molecule has 3 N–H and O–H groups in total. The van der Waals surface area contributed by atoms with Gasteiger partial charge in [-0.3, -0.25) is 4.90 Å². The van der Waals surface area contributed by atoms with Crippen LogP contribution in [0.4, 0.5) is 11.9 Å². The van der Waals surface area contributed by atoms with E-state index in [1.54, 1.807) is 13.3 Å². The van der Waals surface area contributed by atoms with Crippen molar-refractivity contribution in [2.24, 2.45) is 0 Å². The van der Waals surface area contributed by atoms with Crippen molar-refractivity contribution in [1.82, 2.24) is 24.8 Å². The van der Waals surface area contributed by atoms with E-state index in [9.17, 15) is 5.11 Å². The van der Waals surface area contributed by atoms with Crippen molar-refractivity contribution in [3.8, 4) is 0 Å². The van der Waals surface area contributed by atoms with Crippen LogP contribution in [-0.2, 0) is 17.9 Å². The zero-order valence-corrected chi connectivity index (χ0v) is 15.2. The van der Waals surface area contributed by atoms with Crippen molar-refractivity contribution in [2.45, 2.75) is 31.7 Å². The lowest BCUT2D eigenvalue weighted by Crippen LogP contribution is -2.60. The zero-order chi connectivity index (χ0) is 18.5. The molecule has 2 aliphatic heterocycles. The SMILES string of the molecule is COCc1cc(C2c3nc(N)ncc3CN2C)nc(N2CC(C)(O)C2)n1. The van der Waals surface area contributed by atoms with Crippen LogP contribution in [0.15, 0.2) is 12.3 Å². The third-order valence-electron chi connectivity index (χ3n) is 4.74. The Balaban J connectivity index is 1.74. The molecule has 0 amide bonds. The molecule has 1 saturated heterocycles. The number of hydrogen-bond donors (Lipinski definition) is 2. The third-order valence-corrected chi connectivity index (χ3v) is 4.74. The number of nitrogen functional groups attached to an aromatic ring is 1. The molecular weight excluding hydrogens is 334 g/mol. The quantitative estimate of drug-likeness (QED) is 0.786. The number of hydrogen-bond acceptors (Lipinski definition) is 9. The Bertz CT molecular complexity index is 834. The van der Waals surface area contributed by atoms with Crippen LogP contribution < -0.4 is 10.6 Å². The molecule has 1 fully saturated rings. The topological polar surface area (TPSA) is 114 Å². The summed E-state index contributed by atoms with van der Waals surface area (Å²) in [5.41, 5.74) is 8.67. The molecule has 4 heterocycles. The lowest BCUT2D eigenvalue weighted by atomic mass is 9.98. The smallest absolute Gasteiger partial charge is 0.226 e. The van der Waals surface area contributed by atoms with Crippen LogP contribution in [0, 0.1) is 0 Å². The van der Waals surface area contributed by atoms with E-state index in [-0.39, 0.29) is 12.0 Å². The van der Waals surface area contributed by atoms with Gasteiger partial charge in [-0.25, -0.2) is 19.9 Å².